The van der Waals surface area contributed by atoms with Crippen molar-refractivity contribution in [3.05, 3.63) is 17.5 Å². The van der Waals surface area contributed by atoms with Gasteiger partial charge in [0.15, 0.2) is 5.69 Å². The van der Waals surface area contributed by atoms with E-state index in [1.165, 1.54) is 0 Å². The van der Waals surface area contributed by atoms with Crippen LogP contribution in [-0.4, -0.2) is 22.1 Å². The minimum Gasteiger partial charge on any atom is -0.477 e. The largest absolute Gasteiger partial charge is 0.477 e. The van der Waals surface area contributed by atoms with Crippen molar-refractivity contribution in [2.75, 3.05) is 0 Å². The van der Waals surface area contributed by atoms with Crippen LogP contribution in [0, 0.1) is 0 Å². The Balaban J connectivity index is 3.16. The Morgan fingerprint density at radius 2 is 2.27 bits per heavy atom. The molecule has 1 amide bonds. The van der Waals surface area contributed by atoms with E-state index in [4.69, 9.17) is 10.8 Å². The van der Waals surface area contributed by atoms with E-state index in [1.807, 2.05) is 0 Å². The number of carboxylic acid groups (broad SMARTS) is 1. The second kappa shape index (κ2) is 2.41. The number of carbonyl (C=O) groups is 2. The van der Waals surface area contributed by atoms with E-state index in [0.717, 1.165) is 6.26 Å². The Labute approximate surface area is 60.6 Å². The second-order valence-electron chi connectivity index (χ2n) is 1.75. The number of primary amides is 1. The Kier molecular flexibility index (Phi) is 1.59. The molecule has 11 heavy (non-hydrogen) atoms. The minimum absolute atomic E-state index is 0.322. The zero-order valence-corrected chi connectivity index (χ0v) is 5.27. The van der Waals surface area contributed by atoms with Crippen LogP contribution in [0.2, 0.25) is 0 Å². The third-order valence-corrected chi connectivity index (χ3v) is 1.03. The molecule has 0 aromatic carbocycles. The van der Waals surface area contributed by atoms with Gasteiger partial charge in [-0.05, 0) is 0 Å². The third kappa shape index (κ3) is 1.18. The van der Waals surface area contributed by atoms with Crippen LogP contribution in [0.25, 0.3) is 0 Å². The lowest BCUT2D eigenvalue weighted by molar-refractivity contribution is 0.0691. The lowest BCUT2D eigenvalue weighted by atomic mass is 10.2. The maximum absolute atomic E-state index is 10.4. The molecule has 0 unspecified atom stereocenters. The van der Waals surface area contributed by atoms with Crippen molar-refractivity contribution in [1.29, 1.82) is 0 Å². The fourth-order valence-electron chi connectivity index (χ4n) is 0.566. The van der Waals surface area contributed by atoms with Crippen LogP contribution in [0.15, 0.2) is 10.8 Å². The summed E-state index contributed by atoms with van der Waals surface area (Å²) in [5, 5.41) is 11.5. The van der Waals surface area contributed by atoms with Gasteiger partial charge in [0.05, 0.1) is 0 Å². The molecular weight excluding hydrogens is 152 g/mol. The molecule has 0 atom stereocenters. The summed E-state index contributed by atoms with van der Waals surface area (Å²) in [5.41, 5.74) is 4.09. The topological polar surface area (TPSA) is 106 Å². The van der Waals surface area contributed by atoms with Gasteiger partial charge in [-0.15, -0.1) is 0 Å². The molecule has 1 heterocycles. The molecule has 0 aliphatic rings. The first-order valence-corrected chi connectivity index (χ1v) is 2.60. The smallest absolute Gasteiger partial charge is 0.341 e. The number of aromatic nitrogens is 1. The molecule has 1 rings (SSSR count). The zero-order chi connectivity index (χ0) is 8.43. The molecule has 0 saturated heterocycles. The summed E-state index contributed by atoms with van der Waals surface area (Å²) in [5.74, 6) is -2.21. The van der Waals surface area contributed by atoms with Gasteiger partial charge in [0.2, 0.25) is 0 Å². The molecule has 58 valence electrons. The molecular formula is C5H4N2O4. The molecule has 3 N–H and O–H groups in total. The Hall–Kier alpha value is -1.85. The van der Waals surface area contributed by atoms with E-state index >= 15 is 0 Å². The summed E-state index contributed by atoms with van der Waals surface area (Å²) in [7, 11) is 0. The molecule has 1 aromatic heterocycles. The average Bonchev–Trinajstić information content (AvgIpc) is 2.32. The Morgan fingerprint density at radius 1 is 1.64 bits per heavy atom. The molecule has 0 fully saturated rings. The van der Waals surface area contributed by atoms with Gasteiger partial charge in [-0.25, -0.2) is 4.79 Å². The molecule has 0 aliphatic carbocycles. The van der Waals surface area contributed by atoms with Crippen LogP contribution in [0.3, 0.4) is 0 Å². The van der Waals surface area contributed by atoms with Crippen molar-refractivity contribution in [1.82, 2.24) is 5.16 Å². The van der Waals surface area contributed by atoms with Gasteiger partial charge in [-0.1, -0.05) is 5.16 Å². The molecule has 0 bridgehead atoms. The van der Waals surface area contributed by atoms with Crippen molar-refractivity contribution in [2.24, 2.45) is 5.73 Å². The molecule has 6 nitrogen and oxygen atoms in total. The first kappa shape index (κ1) is 7.26. The van der Waals surface area contributed by atoms with Gasteiger partial charge in [-0.2, -0.15) is 0 Å². The molecule has 6 heteroatoms. The van der Waals surface area contributed by atoms with Gasteiger partial charge in [-0.3, -0.25) is 4.79 Å². The predicted octanol–water partition coefficient (Wildman–Crippen LogP) is -0.528. The number of amides is 1. The Bertz CT molecular complexity index is 275. The number of hydrogen-bond donors (Lipinski definition) is 2. The van der Waals surface area contributed by atoms with Crippen LogP contribution in [-0.2, 0) is 0 Å². The standard InChI is InChI=1S/C5H4N2O4/c6-4(8)3-2(5(9)10)1-11-7-3/h1H,(H2,6,8)(H,9,10). The maximum atomic E-state index is 10.4. The van der Waals surface area contributed by atoms with E-state index in [-0.39, 0.29) is 11.3 Å². The molecule has 1 aromatic rings. The van der Waals surface area contributed by atoms with Crippen LogP contribution in [0.1, 0.15) is 20.8 Å². The normalized spacial score (nSPS) is 9.45. The first-order chi connectivity index (χ1) is 5.13. The number of carboxylic acids is 1. The lowest BCUT2D eigenvalue weighted by Crippen LogP contribution is -2.15. The van der Waals surface area contributed by atoms with Crippen molar-refractivity contribution in [3.63, 3.8) is 0 Å². The van der Waals surface area contributed by atoms with Crippen LogP contribution in [0.4, 0.5) is 0 Å². The monoisotopic (exact) mass is 156 g/mol. The number of rotatable bonds is 2. The van der Waals surface area contributed by atoms with Crippen LogP contribution < -0.4 is 5.73 Å². The van der Waals surface area contributed by atoms with Gasteiger partial charge in [0.25, 0.3) is 5.91 Å². The average molecular weight is 156 g/mol. The third-order valence-electron chi connectivity index (χ3n) is 1.03. The second-order valence-corrected chi connectivity index (χ2v) is 1.75. The number of nitrogens with zero attached hydrogens (tertiary/aromatic N) is 1. The number of aromatic carboxylic acids is 1. The summed E-state index contributed by atoms with van der Waals surface area (Å²) >= 11 is 0. The number of carbonyl (C=O) groups excluding carboxylic acids is 1. The Morgan fingerprint density at radius 3 is 2.64 bits per heavy atom. The van der Waals surface area contributed by atoms with Crippen molar-refractivity contribution >= 4 is 11.9 Å². The van der Waals surface area contributed by atoms with E-state index in [9.17, 15) is 9.59 Å². The molecule has 0 spiro atoms. The number of nitrogens with two attached hydrogens (primary N) is 1. The summed E-state index contributed by atoms with van der Waals surface area (Å²) in [6.07, 6.45) is 0.850. The lowest BCUT2D eigenvalue weighted by Gasteiger charge is -1.87. The highest BCUT2D eigenvalue weighted by Gasteiger charge is 2.18. The molecule has 0 saturated carbocycles. The van der Waals surface area contributed by atoms with E-state index in [0.29, 0.717) is 0 Å². The summed E-state index contributed by atoms with van der Waals surface area (Å²) in [6.45, 7) is 0. The quantitative estimate of drug-likeness (QED) is 0.598. The fraction of sp³-hybridized carbons (Fsp3) is 0. The zero-order valence-electron chi connectivity index (χ0n) is 5.27. The van der Waals surface area contributed by atoms with Crippen LogP contribution >= 0.6 is 0 Å². The molecule has 0 radical (unpaired) electrons. The maximum Gasteiger partial charge on any atom is 0.341 e. The summed E-state index contributed by atoms with van der Waals surface area (Å²) < 4.78 is 4.24. The molecule has 0 aliphatic heterocycles. The first-order valence-electron chi connectivity index (χ1n) is 2.60. The van der Waals surface area contributed by atoms with Crippen molar-refractivity contribution < 1.29 is 19.2 Å². The van der Waals surface area contributed by atoms with Crippen molar-refractivity contribution in [3.8, 4) is 0 Å². The summed E-state index contributed by atoms with van der Waals surface area (Å²) in [6, 6.07) is 0. The van der Waals surface area contributed by atoms with E-state index < -0.39 is 11.9 Å². The van der Waals surface area contributed by atoms with Gasteiger partial charge in [0, 0.05) is 0 Å². The predicted molar refractivity (Wildman–Crippen MR) is 32.0 cm³/mol. The highest BCUT2D eigenvalue weighted by atomic mass is 16.5. The van der Waals surface area contributed by atoms with Gasteiger partial charge < -0.3 is 15.4 Å². The van der Waals surface area contributed by atoms with Gasteiger partial charge >= 0.3 is 5.97 Å². The van der Waals surface area contributed by atoms with E-state index in [2.05, 4.69) is 9.68 Å². The fourth-order valence-corrected chi connectivity index (χ4v) is 0.566. The van der Waals surface area contributed by atoms with Crippen molar-refractivity contribution in [2.45, 2.75) is 0 Å². The highest BCUT2D eigenvalue weighted by Crippen LogP contribution is 2.04. The van der Waals surface area contributed by atoms with Gasteiger partial charge in [0.1, 0.15) is 11.8 Å². The van der Waals surface area contributed by atoms with Crippen LogP contribution in [0.5, 0.6) is 0 Å². The number of hydrogen-bond acceptors (Lipinski definition) is 4. The minimum atomic E-state index is -1.29. The SMILES string of the molecule is NC(=O)c1nocc1C(=O)O. The highest BCUT2D eigenvalue weighted by molar-refractivity contribution is 6.02. The van der Waals surface area contributed by atoms with E-state index in [1.54, 1.807) is 0 Å². The summed E-state index contributed by atoms with van der Waals surface area (Å²) in [4.78, 5) is 20.7.